The number of carbonyl (C=O) groups is 2. The number of para-hydroxylation sites is 1. The van der Waals surface area contributed by atoms with Crippen LogP contribution in [0, 0.1) is 13.7 Å². The number of nitro benzene ring substituents is 1. The molecule has 0 amide bonds. The average molecular weight is 456 g/mol. The molecule has 1 aliphatic rings. The molecule has 0 radical (unpaired) electrons. The molecule has 1 aromatic carbocycles. The maximum absolute atomic E-state index is 12.4. The number of ether oxygens (including phenoxy) is 2. The third-order valence-electron chi connectivity index (χ3n) is 3.29. The lowest BCUT2D eigenvalue weighted by Gasteiger charge is -2.23. The summed E-state index contributed by atoms with van der Waals surface area (Å²) in [7, 11) is 2.33. The van der Waals surface area contributed by atoms with Gasteiger partial charge in [-0.1, -0.05) is 12.1 Å². The molecule has 0 spiro atoms. The van der Waals surface area contributed by atoms with E-state index in [0.717, 1.165) is 7.11 Å². The molecule has 0 aromatic heterocycles. The van der Waals surface area contributed by atoms with Gasteiger partial charge >= 0.3 is 11.9 Å². The molecule has 1 heterocycles. The summed E-state index contributed by atoms with van der Waals surface area (Å²) >= 11 is 1.92. The number of esters is 2. The van der Waals surface area contributed by atoms with Crippen molar-refractivity contribution in [2.45, 2.75) is 0 Å². The first kappa shape index (κ1) is 18.6. The number of nitrogens with zero attached hydrogens (tertiary/aromatic N) is 2. The first-order valence-electron chi connectivity index (χ1n) is 6.90. The second-order valence-corrected chi connectivity index (χ2v) is 5.84. The molecule has 130 valence electrons. The number of nitro groups is 1. The Bertz CT molecular complexity index is 828. The quantitative estimate of drug-likeness (QED) is 0.297. The van der Waals surface area contributed by atoms with Crippen LogP contribution in [-0.4, -0.2) is 31.1 Å². The highest BCUT2D eigenvalue weighted by Gasteiger charge is 2.32. The molecule has 9 heteroatoms. The Morgan fingerprint density at radius 1 is 1.16 bits per heavy atom. The maximum Gasteiger partial charge on any atom is 0.355 e. The number of hydrogen-bond acceptors (Lipinski definition) is 7. The first-order chi connectivity index (χ1) is 11.9. The van der Waals surface area contributed by atoms with Crippen LogP contribution in [-0.2, 0) is 19.1 Å². The minimum Gasteiger partial charge on any atom is -0.465 e. The van der Waals surface area contributed by atoms with E-state index in [1.54, 1.807) is 12.1 Å². The highest BCUT2D eigenvalue weighted by molar-refractivity contribution is 14.1. The Morgan fingerprint density at radius 3 is 2.44 bits per heavy atom. The van der Waals surface area contributed by atoms with E-state index in [1.807, 2.05) is 22.6 Å². The van der Waals surface area contributed by atoms with Crippen LogP contribution in [0.2, 0.25) is 0 Å². The number of benzene rings is 1. The smallest absolute Gasteiger partial charge is 0.355 e. The molecular weight excluding hydrogens is 443 g/mol. The van der Waals surface area contributed by atoms with Gasteiger partial charge in [0.05, 0.1) is 24.7 Å². The number of carbonyl (C=O) groups excluding carboxylic acids is 2. The molecule has 0 bridgehead atoms. The number of rotatable bonds is 4. The lowest BCUT2D eigenvalue weighted by Crippen LogP contribution is -2.28. The third-order valence-corrected chi connectivity index (χ3v) is 4.16. The molecule has 0 aliphatic carbocycles. The van der Waals surface area contributed by atoms with Crippen LogP contribution in [0.3, 0.4) is 0 Å². The van der Waals surface area contributed by atoms with E-state index in [0.29, 0.717) is 3.57 Å². The fraction of sp³-hybridized carbons (Fsp3) is 0.125. The lowest BCUT2D eigenvalue weighted by molar-refractivity contribution is -0.384. The second-order valence-electron chi connectivity index (χ2n) is 4.68. The molecule has 1 aliphatic heterocycles. The number of hydrogen-bond donors (Lipinski definition) is 0. The summed E-state index contributed by atoms with van der Waals surface area (Å²) in [5, 5.41) is 11.4. The normalized spacial score (nSPS) is 13.5. The summed E-state index contributed by atoms with van der Waals surface area (Å²) in [6.45, 7) is 0. The molecule has 0 saturated heterocycles. The van der Waals surface area contributed by atoms with Gasteiger partial charge in [-0.25, -0.2) is 9.59 Å². The van der Waals surface area contributed by atoms with Crippen molar-refractivity contribution in [2.24, 2.45) is 0 Å². The molecule has 0 unspecified atom stereocenters. The summed E-state index contributed by atoms with van der Waals surface area (Å²) in [5.41, 5.74) is -0.321. The number of allylic oxidation sites excluding steroid dienone is 2. The molecule has 2 rings (SSSR count). The van der Waals surface area contributed by atoms with Crippen LogP contribution in [0.5, 0.6) is 0 Å². The Labute approximate surface area is 156 Å². The van der Waals surface area contributed by atoms with Crippen molar-refractivity contribution in [3.8, 4) is 0 Å². The zero-order valence-electron chi connectivity index (χ0n) is 13.3. The minimum absolute atomic E-state index is 0.0756. The number of methoxy groups -OCH3 is 2. The lowest BCUT2D eigenvalue weighted by atomic mass is 10.1. The molecular formula is C16H13IN2O6. The summed E-state index contributed by atoms with van der Waals surface area (Å²) in [5.74, 6) is -1.59. The van der Waals surface area contributed by atoms with Crippen LogP contribution in [0.25, 0.3) is 0 Å². The fourth-order valence-corrected chi connectivity index (χ4v) is 2.97. The van der Waals surface area contributed by atoms with Crippen LogP contribution >= 0.6 is 22.6 Å². The van der Waals surface area contributed by atoms with Gasteiger partial charge in [0.15, 0.2) is 0 Å². The van der Waals surface area contributed by atoms with Gasteiger partial charge in [0.2, 0.25) is 0 Å². The van der Waals surface area contributed by atoms with E-state index in [-0.39, 0.29) is 22.6 Å². The van der Waals surface area contributed by atoms with E-state index in [9.17, 15) is 19.7 Å². The van der Waals surface area contributed by atoms with Gasteiger partial charge < -0.3 is 14.4 Å². The standard InChI is InChI=1S/C16H13IN2O6/c1-24-15(20)10-6-3-4-9-18(13(10)16(21)25-2)14-11(17)7-5-8-12(14)19(22)23/h3-9H,1-2H3. The van der Waals surface area contributed by atoms with Crippen molar-refractivity contribution < 1.29 is 24.0 Å². The molecule has 0 fully saturated rings. The van der Waals surface area contributed by atoms with Crippen LogP contribution in [0.4, 0.5) is 11.4 Å². The van der Waals surface area contributed by atoms with Crippen molar-refractivity contribution in [3.63, 3.8) is 0 Å². The summed E-state index contributed by atoms with van der Waals surface area (Å²) in [6.07, 6.45) is 5.90. The van der Waals surface area contributed by atoms with Gasteiger partial charge in [-0.2, -0.15) is 0 Å². The highest BCUT2D eigenvalue weighted by atomic mass is 127. The van der Waals surface area contributed by atoms with E-state index >= 15 is 0 Å². The van der Waals surface area contributed by atoms with Gasteiger partial charge in [0.1, 0.15) is 11.4 Å². The van der Waals surface area contributed by atoms with Gasteiger partial charge in [-0.05, 0) is 40.8 Å². The van der Waals surface area contributed by atoms with Gasteiger partial charge in [0.25, 0.3) is 5.69 Å². The largest absolute Gasteiger partial charge is 0.465 e. The monoisotopic (exact) mass is 456 g/mol. The SMILES string of the molecule is COC(=O)C1=C(C(=O)OC)N(c2c(I)cccc2[N+](=O)[O-])C=CC=C1. The predicted molar refractivity (Wildman–Crippen MR) is 97.6 cm³/mol. The van der Waals surface area contributed by atoms with Gasteiger partial charge in [-0.15, -0.1) is 0 Å². The zero-order valence-corrected chi connectivity index (χ0v) is 15.4. The van der Waals surface area contributed by atoms with Crippen molar-refractivity contribution in [3.05, 3.63) is 67.6 Å². The summed E-state index contributed by atoms with van der Waals surface area (Å²) < 4.78 is 10.0. The molecule has 25 heavy (non-hydrogen) atoms. The van der Waals surface area contributed by atoms with Gasteiger partial charge in [0, 0.05) is 15.8 Å². The number of halogens is 1. The summed E-state index contributed by atoms with van der Waals surface area (Å²) in [6, 6.07) is 4.50. The number of anilines is 1. The van der Waals surface area contributed by atoms with Crippen molar-refractivity contribution in [1.82, 2.24) is 0 Å². The Kier molecular flexibility index (Phi) is 5.91. The summed E-state index contributed by atoms with van der Waals surface area (Å²) in [4.78, 5) is 36.6. The van der Waals surface area contributed by atoms with E-state index < -0.39 is 16.9 Å². The van der Waals surface area contributed by atoms with Crippen molar-refractivity contribution >= 4 is 45.9 Å². The third kappa shape index (κ3) is 3.71. The maximum atomic E-state index is 12.4. The minimum atomic E-state index is -0.828. The fourth-order valence-electron chi connectivity index (χ4n) is 2.23. The zero-order chi connectivity index (χ0) is 18.6. The van der Waals surface area contributed by atoms with Gasteiger partial charge in [-0.3, -0.25) is 10.1 Å². The van der Waals surface area contributed by atoms with E-state index in [4.69, 9.17) is 9.47 Å². The van der Waals surface area contributed by atoms with Crippen LogP contribution in [0.1, 0.15) is 0 Å². The Balaban J connectivity index is 2.81. The molecule has 0 saturated carbocycles. The topological polar surface area (TPSA) is 99.0 Å². The Hall–Kier alpha value is -2.69. The molecule has 0 N–H and O–H groups in total. The highest BCUT2D eigenvalue weighted by Crippen LogP contribution is 2.37. The average Bonchev–Trinajstić information content (AvgIpc) is 2.82. The predicted octanol–water partition coefficient (Wildman–Crippen LogP) is 2.69. The van der Waals surface area contributed by atoms with E-state index in [1.165, 1.54) is 42.5 Å². The van der Waals surface area contributed by atoms with Crippen LogP contribution in [0.15, 0.2) is 53.9 Å². The van der Waals surface area contributed by atoms with Crippen LogP contribution < -0.4 is 4.90 Å². The van der Waals surface area contributed by atoms with E-state index in [2.05, 4.69) is 0 Å². The molecule has 0 atom stereocenters. The Morgan fingerprint density at radius 2 is 1.84 bits per heavy atom. The first-order valence-corrected chi connectivity index (χ1v) is 7.98. The van der Waals surface area contributed by atoms with Crippen molar-refractivity contribution in [1.29, 1.82) is 0 Å². The molecule has 8 nitrogen and oxygen atoms in total. The van der Waals surface area contributed by atoms with Crippen molar-refractivity contribution in [2.75, 3.05) is 19.1 Å². The second kappa shape index (κ2) is 7.92. The molecule has 1 aromatic rings.